The largest absolute Gasteiger partial charge is 0.474 e. The van der Waals surface area contributed by atoms with Gasteiger partial charge in [-0.25, -0.2) is 19.3 Å². The fraction of sp³-hybridized carbons (Fsp3) is 0.429. The first-order chi connectivity index (χ1) is 27.7. The number of piperazine rings is 1. The van der Waals surface area contributed by atoms with Crippen molar-refractivity contribution in [2.75, 3.05) is 86.4 Å². The number of hydrogen-bond donors (Lipinski definition) is 2. The van der Waals surface area contributed by atoms with Crippen LogP contribution in [0.2, 0.25) is 0 Å². The Labute approximate surface area is 331 Å². The van der Waals surface area contributed by atoms with Gasteiger partial charge in [0.2, 0.25) is 29.5 Å². The van der Waals surface area contributed by atoms with Crippen molar-refractivity contribution < 1.29 is 23.5 Å². The Kier molecular flexibility index (Phi) is 9.85. The number of amides is 3. The topological polar surface area (TPSA) is 139 Å². The molecule has 1 atom stereocenters. The van der Waals surface area contributed by atoms with Crippen LogP contribution < -0.4 is 25.2 Å². The van der Waals surface area contributed by atoms with E-state index in [-0.39, 0.29) is 30.1 Å². The molecule has 4 aromatic rings. The van der Waals surface area contributed by atoms with Crippen LogP contribution >= 0.6 is 0 Å². The van der Waals surface area contributed by atoms with Gasteiger partial charge in [-0.3, -0.25) is 24.2 Å². The van der Waals surface area contributed by atoms with Crippen LogP contribution in [-0.2, 0) is 33.8 Å². The molecule has 3 saturated heterocycles. The minimum absolute atomic E-state index is 0.00214. The predicted molar refractivity (Wildman–Crippen MR) is 213 cm³/mol. The van der Waals surface area contributed by atoms with Crippen molar-refractivity contribution in [1.82, 2.24) is 29.7 Å². The minimum atomic E-state index is -0.445. The maximum atomic E-state index is 15.4. The smallest absolute Gasteiger partial charge is 0.237 e. The summed E-state index contributed by atoms with van der Waals surface area (Å²) in [6.07, 6.45) is 5.45. The Morgan fingerprint density at radius 2 is 1.79 bits per heavy atom. The quantitative estimate of drug-likeness (QED) is 0.252. The summed E-state index contributed by atoms with van der Waals surface area (Å²) in [4.78, 5) is 61.7. The molecule has 15 heteroatoms. The molecule has 296 valence electrons. The monoisotopic (exact) mass is 774 g/mol. The number of carbonyl (C=O) groups excluding carboxylic acids is 3. The number of benzene rings is 2. The number of nitrogens with zero attached hydrogens (tertiary/aromatic N) is 8. The fourth-order valence-electron chi connectivity index (χ4n) is 8.65. The van der Waals surface area contributed by atoms with Crippen LogP contribution in [0.3, 0.4) is 0 Å². The van der Waals surface area contributed by atoms with Gasteiger partial charge in [0.1, 0.15) is 18.1 Å². The van der Waals surface area contributed by atoms with Gasteiger partial charge < -0.3 is 30.1 Å². The number of ether oxygens (including phenoxy) is 1. The molecule has 0 bridgehead atoms. The normalized spacial score (nSPS) is 20.0. The van der Waals surface area contributed by atoms with E-state index >= 15 is 4.39 Å². The predicted octanol–water partition coefficient (Wildman–Crippen LogP) is 3.87. The van der Waals surface area contributed by atoms with E-state index < -0.39 is 5.82 Å². The minimum Gasteiger partial charge on any atom is -0.474 e. The van der Waals surface area contributed by atoms with Crippen LogP contribution in [0.4, 0.5) is 33.1 Å². The zero-order valence-corrected chi connectivity index (χ0v) is 32.3. The highest BCUT2D eigenvalue weighted by molar-refractivity contribution is 6.00. The van der Waals surface area contributed by atoms with Crippen LogP contribution in [-0.4, -0.2) is 119 Å². The summed E-state index contributed by atoms with van der Waals surface area (Å²) in [5.41, 5.74) is 8.00. The third kappa shape index (κ3) is 7.31. The number of carbonyl (C=O) groups is 3. The van der Waals surface area contributed by atoms with Gasteiger partial charge in [0.15, 0.2) is 0 Å². The van der Waals surface area contributed by atoms with Gasteiger partial charge in [0, 0.05) is 95.0 Å². The summed E-state index contributed by atoms with van der Waals surface area (Å²) in [5, 5.41) is 6.57. The maximum absolute atomic E-state index is 15.4. The van der Waals surface area contributed by atoms with E-state index in [0.717, 1.165) is 85.1 Å². The van der Waals surface area contributed by atoms with Crippen LogP contribution in [0, 0.1) is 12.7 Å². The van der Waals surface area contributed by atoms with E-state index in [0.29, 0.717) is 68.2 Å². The number of aromatic nitrogens is 3. The van der Waals surface area contributed by atoms with Gasteiger partial charge in [-0.15, -0.1) is 0 Å². The number of imide groups is 1. The molecular weight excluding hydrogens is 728 g/mol. The number of rotatable bonds is 8. The van der Waals surface area contributed by atoms with E-state index in [2.05, 4.69) is 54.4 Å². The van der Waals surface area contributed by atoms with Crippen molar-refractivity contribution in [3.63, 3.8) is 0 Å². The van der Waals surface area contributed by atoms with Gasteiger partial charge >= 0.3 is 0 Å². The molecule has 5 aliphatic heterocycles. The molecule has 0 aliphatic carbocycles. The molecule has 2 N–H and O–H groups in total. The third-order valence-electron chi connectivity index (χ3n) is 12.2. The number of pyridine rings is 1. The molecule has 57 heavy (non-hydrogen) atoms. The van der Waals surface area contributed by atoms with Crippen molar-refractivity contribution in [3.8, 4) is 5.88 Å². The summed E-state index contributed by atoms with van der Waals surface area (Å²) < 4.78 is 21.1. The summed E-state index contributed by atoms with van der Waals surface area (Å²) in [7, 11) is 1.56. The van der Waals surface area contributed by atoms with Crippen LogP contribution in [0.15, 0.2) is 54.9 Å². The highest BCUT2D eigenvalue weighted by Crippen LogP contribution is 2.37. The Balaban J connectivity index is 0.745. The number of likely N-dealkylation sites (tertiary alicyclic amines) is 1. The van der Waals surface area contributed by atoms with Gasteiger partial charge in [-0.05, 0) is 60.7 Å². The summed E-state index contributed by atoms with van der Waals surface area (Å²) in [5.74, 6) is -0.0145. The Bertz CT molecular complexity index is 2210. The summed E-state index contributed by atoms with van der Waals surface area (Å²) >= 11 is 0. The van der Waals surface area contributed by atoms with Crippen molar-refractivity contribution in [2.45, 2.75) is 51.1 Å². The standard InChI is InChI=1S/C42H47FN10O4/c1-26-36(22-45-40-39(26)44-12-18-57-40)52-13-11-29-21-46-42(48-35(29)25-52)47-30-6-3-28(34(43)20-30)19-38(55)51-16-14-50(15-17-51)32-23-53(24-32)31-7-4-27(5-8-31)33-9-10-37(54)49(2)41(33)56/h3-8,20-22,32-33,44H,9-19,23-25H2,1-2H3,(H,46,47,48). The Hall–Kier alpha value is -5.83. The number of piperidine rings is 1. The third-order valence-corrected chi connectivity index (χ3v) is 12.2. The number of fused-ring (bicyclic) bond motifs is 2. The molecule has 3 fully saturated rings. The van der Waals surface area contributed by atoms with E-state index in [1.165, 1.54) is 11.0 Å². The van der Waals surface area contributed by atoms with Crippen molar-refractivity contribution in [3.05, 3.63) is 88.6 Å². The van der Waals surface area contributed by atoms with Crippen molar-refractivity contribution in [2.24, 2.45) is 0 Å². The van der Waals surface area contributed by atoms with Gasteiger partial charge in [-0.1, -0.05) is 18.2 Å². The molecule has 0 saturated carbocycles. The van der Waals surface area contributed by atoms with E-state index in [1.54, 1.807) is 19.2 Å². The van der Waals surface area contributed by atoms with Gasteiger partial charge in [-0.2, -0.15) is 0 Å². The average Bonchev–Trinajstić information content (AvgIpc) is 3.21. The molecule has 5 aliphatic rings. The first-order valence-electron chi connectivity index (χ1n) is 19.9. The fourth-order valence-corrected chi connectivity index (χ4v) is 8.65. The molecule has 0 spiro atoms. The molecule has 2 aromatic carbocycles. The lowest BCUT2D eigenvalue weighted by Crippen LogP contribution is -2.63. The number of halogens is 1. The average molecular weight is 775 g/mol. The molecule has 0 radical (unpaired) electrons. The molecule has 2 aromatic heterocycles. The zero-order chi connectivity index (χ0) is 39.2. The lowest BCUT2D eigenvalue weighted by atomic mass is 9.89. The Morgan fingerprint density at radius 1 is 0.982 bits per heavy atom. The number of hydrogen-bond acceptors (Lipinski definition) is 12. The molecule has 9 rings (SSSR count). The first-order valence-corrected chi connectivity index (χ1v) is 19.9. The zero-order valence-electron chi connectivity index (χ0n) is 32.3. The number of likely N-dealkylation sites (N-methyl/N-ethyl adjacent to an activating group) is 1. The second kappa shape index (κ2) is 15.3. The van der Waals surface area contributed by atoms with Crippen LogP contribution in [0.1, 0.15) is 46.7 Å². The van der Waals surface area contributed by atoms with Gasteiger partial charge in [0.05, 0.1) is 36.5 Å². The Morgan fingerprint density at radius 3 is 2.58 bits per heavy atom. The summed E-state index contributed by atoms with van der Waals surface area (Å²) in [6, 6.07) is 13.4. The highest BCUT2D eigenvalue weighted by Gasteiger charge is 2.36. The summed E-state index contributed by atoms with van der Waals surface area (Å²) in [6.45, 7) is 9.41. The second-order valence-corrected chi connectivity index (χ2v) is 15.6. The van der Waals surface area contributed by atoms with Crippen LogP contribution in [0.25, 0.3) is 0 Å². The first kappa shape index (κ1) is 36.8. The number of nitrogens with one attached hydrogen (secondary N) is 2. The van der Waals surface area contributed by atoms with Crippen molar-refractivity contribution >= 4 is 46.4 Å². The molecule has 14 nitrogen and oxygen atoms in total. The van der Waals surface area contributed by atoms with E-state index in [1.807, 2.05) is 29.4 Å². The molecule has 3 amide bonds. The van der Waals surface area contributed by atoms with E-state index in [9.17, 15) is 14.4 Å². The second-order valence-electron chi connectivity index (χ2n) is 15.6. The molecule has 7 heterocycles. The highest BCUT2D eigenvalue weighted by atomic mass is 19.1. The SMILES string of the molecule is Cc1c(N2CCc3cnc(Nc4ccc(CC(=O)N5CCN(C6CN(c7ccc(C8CCC(=O)N(C)C8=O)cc7)C6)CC5)c(F)c4)nc3C2)cnc2c1NCCO2. The lowest BCUT2D eigenvalue weighted by Gasteiger charge is -2.49. The van der Waals surface area contributed by atoms with Gasteiger partial charge in [0.25, 0.3) is 0 Å². The maximum Gasteiger partial charge on any atom is 0.237 e. The number of anilines is 5. The molecular formula is C42H47FN10O4. The lowest BCUT2D eigenvalue weighted by molar-refractivity contribution is -0.147. The van der Waals surface area contributed by atoms with E-state index in [4.69, 9.17) is 9.72 Å². The molecule has 1 unspecified atom stereocenters. The van der Waals surface area contributed by atoms with Crippen molar-refractivity contribution in [1.29, 1.82) is 0 Å². The van der Waals surface area contributed by atoms with Crippen LogP contribution in [0.5, 0.6) is 5.88 Å².